The zero-order valence-electron chi connectivity index (χ0n) is 5.84. The highest BCUT2D eigenvalue weighted by Crippen LogP contribution is 2.28. The van der Waals surface area contributed by atoms with E-state index in [0.29, 0.717) is 5.92 Å². The molecular weight excluding hydrogens is 116 g/mol. The second kappa shape index (κ2) is 3.18. The molecule has 1 fully saturated rings. The van der Waals surface area contributed by atoms with Gasteiger partial charge in [0, 0.05) is 0 Å². The maximum absolute atomic E-state index is 8.30. The Balaban J connectivity index is 2.24. The van der Waals surface area contributed by atoms with Crippen LogP contribution in [0.3, 0.4) is 0 Å². The van der Waals surface area contributed by atoms with Gasteiger partial charge >= 0.3 is 0 Å². The highest BCUT2D eigenvalue weighted by atomic mass is 17.1. The predicted octanol–water partition coefficient (Wildman–Crippen LogP) is 2.05. The van der Waals surface area contributed by atoms with Crippen LogP contribution in [-0.2, 0) is 4.89 Å². The Hall–Kier alpha value is -0.0800. The normalized spacial score (nSPS) is 24.7. The van der Waals surface area contributed by atoms with E-state index in [4.69, 9.17) is 5.26 Å². The van der Waals surface area contributed by atoms with Gasteiger partial charge in [-0.15, -0.1) is 0 Å². The first-order valence-corrected chi connectivity index (χ1v) is 3.65. The molecule has 0 heterocycles. The zero-order chi connectivity index (χ0) is 6.69. The van der Waals surface area contributed by atoms with Gasteiger partial charge in [-0.3, -0.25) is 5.26 Å². The molecule has 0 amide bonds. The Bertz CT molecular complexity index is 77.0. The molecule has 0 bridgehead atoms. The molecule has 1 saturated carbocycles. The van der Waals surface area contributed by atoms with E-state index in [2.05, 4.69) is 4.89 Å². The Labute approximate surface area is 55.8 Å². The summed E-state index contributed by atoms with van der Waals surface area (Å²) in [6, 6.07) is 0. The third-order valence-electron chi connectivity index (χ3n) is 2.23. The molecule has 0 aromatic carbocycles. The SMILES string of the molecule is CC(OO)C1CCCC1. The number of hydrogen-bond donors (Lipinski definition) is 1. The van der Waals surface area contributed by atoms with Crippen LogP contribution in [-0.4, -0.2) is 11.4 Å². The van der Waals surface area contributed by atoms with E-state index in [1.165, 1.54) is 25.7 Å². The summed E-state index contributed by atoms with van der Waals surface area (Å²) in [6.07, 6.45) is 5.10. The third kappa shape index (κ3) is 1.66. The summed E-state index contributed by atoms with van der Waals surface area (Å²) >= 11 is 0. The highest BCUT2D eigenvalue weighted by Gasteiger charge is 2.21. The fourth-order valence-electron chi connectivity index (χ4n) is 1.51. The third-order valence-corrected chi connectivity index (χ3v) is 2.23. The summed E-state index contributed by atoms with van der Waals surface area (Å²) in [5.41, 5.74) is 0. The van der Waals surface area contributed by atoms with Crippen LogP contribution in [0.4, 0.5) is 0 Å². The Morgan fingerprint density at radius 1 is 1.44 bits per heavy atom. The van der Waals surface area contributed by atoms with E-state index in [1.54, 1.807) is 0 Å². The second-order valence-corrected chi connectivity index (χ2v) is 2.86. The van der Waals surface area contributed by atoms with Gasteiger partial charge in [0.15, 0.2) is 0 Å². The molecule has 9 heavy (non-hydrogen) atoms. The van der Waals surface area contributed by atoms with E-state index in [9.17, 15) is 0 Å². The summed E-state index contributed by atoms with van der Waals surface area (Å²) in [7, 11) is 0. The fourth-order valence-corrected chi connectivity index (χ4v) is 1.51. The summed E-state index contributed by atoms with van der Waals surface area (Å²) in [4.78, 5) is 4.23. The molecule has 2 nitrogen and oxygen atoms in total. The fraction of sp³-hybridized carbons (Fsp3) is 1.00. The second-order valence-electron chi connectivity index (χ2n) is 2.86. The van der Waals surface area contributed by atoms with E-state index in [-0.39, 0.29) is 6.10 Å². The smallest absolute Gasteiger partial charge is 0.0927 e. The Morgan fingerprint density at radius 3 is 2.44 bits per heavy atom. The van der Waals surface area contributed by atoms with Crippen molar-refractivity contribution in [2.45, 2.75) is 38.7 Å². The van der Waals surface area contributed by atoms with E-state index >= 15 is 0 Å². The summed E-state index contributed by atoms with van der Waals surface area (Å²) in [5.74, 6) is 0.606. The van der Waals surface area contributed by atoms with Gasteiger partial charge in [0.1, 0.15) is 0 Å². The molecule has 0 aromatic rings. The lowest BCUT2D eigenvalue weighted by atomic mass is 10.0. The van der Waals surface area contributed by atoms with Crippen molar-refractivity contribution in [1.29, 1.82) is 0 Å². The minimum Gasteiger partial charge on any atom is -0.252 e. The Morgan fingerprint density at radius 2 is 2.00 bits per heavy atom. The minimum atomic E-state index is 0.0486. The Kier molecular flexibility index (Phi) is 2.49. The molecule has 0 aliphatic heterocycles. The number of hydrogen-bond acceptors (Lipinski definition) is 2. The van der Waals surface area contributed by atoms with E-state index in [1.807, 2.05) is 6.92 Å². The topological polar surface area (TPSA) is 29.5 Å². The van der Waals surface area contributed by atoms with E-state index in [0.717, 1.165) is 0 Å². The average Bonchev–Trinajstić information content (AvgIpc) is 2.37. The van der Waals surface area contributed by atoms with Crippen LogP contribution in [0.5, 0.6) is 0 Å². The lowest BCUT2D eigenvalue weighted by molar-refractivity contribution is -0.284. The zero-order valence-corrected chi connectivity index (χ0v) is 5.84. The maximum Gasteiger partial charge on any atom is 0.0927 e. The first kappa shape index (κ1) is 7.03. The van der Waals surface area contributed by atoms with Gasteiger partial charge in [0.05, 0.1) is 6.10 Å². The van der Waals surface area contributed by atoms with Crippen molar-refractivity contribution in [3.8, 4) is 0 Å². The lowest BCUT2D eigenvalue weighted by Crippen LogP contribution is -2.15. The average molecular weight is 130 g/mol. The molecule has 1 N–H and O–H groups in total. The quantitative estimate of drug-likeness (QED) is 0.458. The van der Waals surface area contributed by atoms with Crippen molar-refractivity contribution in [2.75, 3.05) is 0 Å². The van der Waals surface area contributed by atoms with Gasteiger partial charge in [-0.05, 0) is 25.7 Å². The van der Waals surface area contributed by atoms with Crippen LogP contribution in [0.25, 0.3) is 0 Å². The standard InChI is InChI=1S/C7H14O2/c1-6(9-8)7-4-2-3-5-7/h6-8H,2-5H2,1H3. The first-order chi connectivity index (χ1) is 4.34. The van der Waals surface area contributed by atoms with Gasteiger partial charge in [-0.25, -0.2) is 4.89 Å². The van der Waals surface area contributed by atoms with Gasteiger partial charge in [0.2, 0.25) is 0 Å². The van der Waals surface area contributed by atoms with Crippen molar-refractivity contribution in [2.24, 2.45) is 5.92 Å². The molecule has 0 spiro atoms. The summed E-state index contributed by atoms with van der Waals surface area (Å²) in [6.45, 7) is 1.93. The number of rotatable bonds is 2. The lowest BCUT2D eigenvalue weighted by Gasteiger charge is -2.13. The van der Waals surface area contributed by atoms with Crippen LogP contribution >= 0.6 is 0 Å². The van der Waals surface area contributed by atoms with Gasteiger partial charge in [0.25, 0.3) is 0 Å². The summed E-state index contributed by atoms with van der Waals surface area (Å²) in [5, 5.41) is 8.30. The van der Waals surface area contributed by atoms with Crippen LogP contribution in [0, 0.1) is 5.92 Å². The minimum absolute atomic E-state index is 0.0486. The van der Waals surface area contributed by atoms with E-state index < -0.39 is 0 Å². The van der Waals surface area contributed by atoms with Crippen molar-refractivity contribution < 1.29 is 10.1 Å². The van der Waals surface area contributed by atoms with Gasteiger partial charge in [-0.1, -0.05) is 12.8 Å². The van der Waals surface area contributed by atoms with Crippen molar-refractivity contribution >= 4 is 0 Å². The predicted molar refractivity (Wildman–Crippen MR) is 35.1 cm³/mol. The van der Waals surface area contributed by atoms with Crippen molar-refractivity contribution in [3.05, 3.63) is 0 Å². The van der Waals surface area contributed by atoms with Crippen LogP contribution in [0.1, 0.15) is 32.6 Å². The molecule has 0 saturated heterocycles. The van der Waals surface area contributed by atoms with Crippen LogP contribution in [0.15, 0.2) is 0 Å². The molecule has 1 atom stereocenters. The van der Waals surface area contributed by atoms with Crippen molar-refractivity contribution in [3.63, 3.8) is 0 Å². The molecule has 2 heteroatoms. The highest BCUT2D eigenvalue weighted by molar-refractivity contribution is 4.71. The molecule has 54 valence electrons. The molecule has 0 aromatic heterocycles. The van der Waals surface area contributed by atoms with Gasteiger partial charge < -0.3 is 0 Å². The molecule has 1 aliphatic rings. The molecule has 1 aliphatic carbocycles. The maximum atomic E-state index is 8.30. The first-order valence-electron chi connectivity index (χ1n) is 3.65. The summed E-state index contributed by atoms with van der Waals surface area (Å²) < 4.78 is 0. The molecule has 1 rings (SSSR count). The van der Waals surface area contributed by atoms with Crippen LogP contribution < -0.4 is 0 Å². The van der Waals surface area contributed by atoms with Crippen LogP contribution in [0.2, 0.25) is 0 Å². The molecule has 0 radical (unpaired) electrons. The van der Waals surface area contributed by atoms with Gasteiger partial charge in [-0.2, -0.15) is 0 Å². The molecular formula is C7H14O2. The van der Waals surface area contributed by atoms with Crippen molar-refractivity contribution in [1.82, 2.24) is 0 Å². The molecule has 1 unspecified atom stereocenters. The largest absolute Gasteiger partial charge is 0.252 e. The monoisotopic (exact) mass is 130 g/mol.